The molecule has 1 atom stereocenters. The first-order chi connectivity index (χ1) is 17.8. The van der Waals surface area contributed by atoms with Crippen molar-refractivity contribution in [3.8, 4) is 11.5 Å². The van der Waals surface area contributed by atoms with Crippen LogP contribution in [0.2, 0.25) is 5.02 Å². The van der Waals surface area contributed by atoms with Crippen LogP contribution >= 0.6 is 11.6 Å². The van der Waals surface area contributed by atoms with Crippen LogP contribution in [0.3, 0.4) is 0 Å². The lowest BCUT2D eigenvalue weighted by atomic mass is 9.95. The minimum absolute atomic E-state index is 0.0543. The van der Waals surface area contributed by atoms with Crippen LogP contribution in [0, 0.1) is 0 Å². The number of anilines is 2. The summed E-state index contributed by atoms with van der Waals surface area (Å²) < 4.78 is 11.1. The molecule has 1 heterocycles. The summed E-state index contributed by atoms with van der Waals surface area (Å²) in [7, 11) is 3.84. The van der Waals surface area contributed by atoms with Crippen molar-refractivity contribution in [3.63, 3.8) is 0 Å². The number of aliphatic hydroxyl groups excluding tert-OH is 1. The second kappa shape index (κ2) is 11.0. The lowest BCUT2D eigenvalue weighted by Crippen LogP contribution is -2.29. The number of aliphatic hydroxyl groups is 1. The van der Waals surface area contributed by atoms with E-state index >= 15 is 0 Å². The zero-order valence-electron chi connectivity index (χ0n) is 21.2. The Balaban J connectivity index is 1.90. The number of hydrogen-bond donors (Lipinski definition) is 1. The van der Waals surface area contributed by atoms with Crippen LogP contribution in [-0.2, 0) is 9.59 Å². The van der Waals surface area contributed by atoms with E-state index in [9.17, 15) is 14.7 Å². The Labute approximate surface area is 221 Å². The summed E-state index contributed by atoms with van der Waals surface area (Å²) in [5, 5.41) is 11.7. The van der Waals surface area contributed by atoms with E-state index in [1.165, 1.54) is 4.90 Å². The molecule has 0 aliphatic carbocycles. The highest BCUT2D eigenvalue weighted by Gasteiger charge is 2.47. The van der Waals surface area contributed by atoms with Gasteiger partial charge in [0.15, 0.2) is 0 Å². The molecule has 3 aromatic carbocycles. The van der Waals surface area contributed by atoms with Crippen molar-refractivity contribution < 1.29 is 24.2 Å². The van der Waals surface area contributed by atoms with Crippen LogP contribution in [0.1, 0.15) is 31.0 Å². The monoisotopic (exact) mass is 520 g/mol. The van der Waals surface area contributed by atoms with E-state index in [-0.39, 0.29) is 21.9 Å². The van der Waals surface area contributed by atoms with Gasteiger partial charge in [0.05, 0.1) is 29.9 Å². The molecular weight excluding hydrogens is 492 g/mol. The van der Waals surface area contributed by atoms with Gasteiger partial charge in [0.2, 0.25) is 0 Å². The molecule has 37 heavy (non-hydrogen) atoms. The van der Waals surface area contributed by atoms with Gasteiger partial charge in [-0.15, -0.1) is 0 Å². The van der Waals surface area contributed by atoms with Crippen molar-refractivity contribution in [2.24, 2.45) is 0 Å². The van der Waals surface area contributed by atoms with E-state index in [1.807, 2.05) is 45.0 Å². The minimum atomic E-state index is -0.882. The summed E-state index contributed by atoms with van der Waals surface area (Å²) >= 11 is 6.42. The molecule has 0 aromatic heterocycles. The third-order valence-electron chi connectivity index (χ3n) is 6.10. The summed E-state index contributed by atoms with van der Waals surface area (Å²) in [4.78, 5) is 30.2. The maximum atomic E-state index is 13.4. The molecule has 192 valence electrons. The number of hydrogen-bond acceptors (Lipinski definition) is 6. The smallest absolute Gasteiger partial charge is 0.300 e. The second-order valence-electron chi connectivity index (χ2n) is 8.66. The molecule has 3 aromatic rings. The third-order valence-corrected chi connectivity index (χ3v) is 6.43. The first kappa shape index (κ1) is 26.1. The molecule has 1 aliphatic rings. The summed E-state index contributed by atoms with van der Waals surface area (Å²) in [6, 6.07) is 18.4. The summed E-state index contributed by atoms with van der Waals surface area (Å²) in [5.74, 6) is -0.761. The predicted molar refractivity (Wildman–Crippen MR) is 146 cm³/mol. The van der Waals surface area contributed by atoms with Crippen molar-refractivity contribution in [3.05, 3.63) is 88.5 Å². The predicted octanol–water partition coefficient (Wildman–Crippen LogP) is 5.83. The van der Waals surface area contributed by atoms with Gasteiger partial charge in [0.1, 0.15) is 17.3 Å². The van der Waals surface area contributed by atoms with Crippen LogP contribution in [0.4, 0.5) is 11.4 Å². The standard InChI is InChI=1S/C29H29ClN2O5/c1-5-36-21-13-7-18(8-14-21)26-25(27(33)23-17-22(37-6-2)15-16-24(23)30)28(34)29(35)32(26)20-11-9-19(10-12-20)31(3)4/h7-17,26,33H,5-6H2,1-4H3/b27-25+. The normalized spacial score (nSPS) is 16.7. The topological polar surface area (TPSA) is 79.3 Å². The fourth-order valence-corrected chi connectivity index (χ4v) is 4.53. The van der Waals surface area contributed by atoms with Gasteiger partial charge in [-0.3, -0.25) is 14.5 Å². The van der Waals surface area contributed by atoms with E-state index in [4.69, 9.17) is 21.1 Å². The number of ether oxygens (including phenoxy) is 2. The number of carbonyl (C=O) groups is 2. The first-order valence-electron chi connectivity index (χ1n) is 12.0. The minimum Gasteiger partial charge on any atom is -0.507 e. The molecule has 0 saturated carbocycles. The van der Waals surface area contributed by atoms with Crippen molar-refractivity contribution in [1.29, 1.82) is 0 Å². The van der Waals surface area contributed by atoms with Crippen LogP contribution < -0.4 is 19.3 Å². The number of ketones is 1. The lowest BCUT2D eigenvalue weighted by Gasteiger charge is -2.26. The Hall–Kier alpha value is -3.97. The Bertz CT molecular complexity index is 1330. The molecule has 0 spiro atoms. The maximum Gasteiger partial charge on any atom is 0.300 e. The fourth-order valence-electron chi connectivity index (χ4n) is 4.33. The largest absolute Gasteiger partial charge is 0.507 e. The average molecular weight is 521 g/mol. The molecule has 8 heteroatoms. The van der Waals surface area contributed by atoms with Crippen LogP contribution in [0.25, 0.3) is 5.76 Å². The van der Waals surface area contributed by atoms with E-state index < -0.39 is 17.7 Å². The van der Waals surface area contributed by atoms with Crippen LogP contribution in [-0.4, -0.2) is 44.1 Å². The molecule has 1 amide bonds. The summed E-state index contributed by atoms with van der Waals surface area (Å²) in [5.41, 5.74) is 2.26. The zero-order chi connectivity index (χ0) is 26.7. The number of carbonyl (C=O) groups excluding carboxylic acids is 2. The molecule has 1 aliphatic heterocycles. The average Bonchev–Trinajstić information content (AvgIpc) is 3.16. The van der Waals surface area contributed by atoms with Gasteiger partial charge in [-0.05, 0) is 74.0 Å². The number of amides is 1. The van der Waals surface area contributed by atoms with Gasteiger partial charge >= 0.3 is 0 Å². The Morgan fingerprint density at radius 2 is 1.51 bits per heavy atom. The number of rotatable bonds is 8. The summed E-state index contributed by atoms with van der Waals surface area (Å²) in [6.07, 6.45) is 0. The highest BCUT2D eigenvalue weighted by molar-refractivity contribution is 6.52. The highest BCUT2D eigenvalue weighted by Crippen LogP contribution is 2.44. The van der Waals surface area contributed by atoms with Gasteiger partial charge in [-0.1, -0.05) is 23.7 Å². The first-order valence-corrected chi connectivity index (χ1v) is 12.4. The quantitative estimate of drug-likeness (QED) is 0.229. The van der Waals surface area contributed by atoms with Gasteiger partial charge < -0.3 is 19.5 Å². The van der Waals surface area contributed by atoms with Crippen molar-refractivity contribution >= 4 is 40.4 Å². The van der Waals surface area contributed by atoms with E-state index in [1.54, 1.807) is 54.6 Å². The third kappa shape index (κ3) is 5.13. The molecule has 1 saturated heterocycles. The molecule has 7 nitrogen and oxygen atoms in total. The van der Waals surface area contributed by atoms with E-state index in [0.29, 0.717) is 36.0 Å². The number of Topliss-reactive ketones (excluding diaryl/α,β-unsaturated/α-hetero) is 1. The van der Waals surface area contributed by atoms with E-state index in [2.05, 4.69) is 0 Å². The summed E-state index contributed by atoms with van der Waals surface area (Å²) in [6.45, 7) is 4.65. The van der Waals surface area contributed by atoms with E-state index in [0.717, 1.165) is 5.69 Å². The Morgan fingerprint density at radius 3 is 2.11 bits per heavy atom. The van der Waals surface area contributed by atoms with Crippen molar-refractivity contribution in [1.82, 2.24) is 0 Å². The number of halogens is 1. The Kier molecular flexibility index (Phi) is 7.74. The van der Waals surface area contributed by atoms with Crippen LogP contribution in [0.5, 0.6) is 11.5 Å². The van der Waals surface area contributed by atoms with Crippen molar-refractivity contribution in [2.45, 2.75) is 19.9 Å². The van der Waals surface area contributed by atoms with Gasteiger partial charge in [-0.2, -0.15) is 0 Å². The lowest BCUT2D eigenvalue weighted by molar-refractivity contribution is -0.132. The number of nitrogens with zero attached hydrogens (tertiary/aromatic N) is 2. The molecule has 1 unspecified atom stereocenters. The van der Waals surface area contributed by atoms with Crippen LogP contribution in [0.15, 0.2) is 72.3 Å². The number of benzene rings is 3. The molecule has 1 fully saturated rings. The fraction of sp³-hybridized carbons (Fsp3) is 0.241. The molecule has 0 radical (unpaired) electrons. The van der Waals surface area contributed by atoms with Gasteiger partial charge in [0, 0.05) is 31.0 Å². The molecule has 4 rings (SSSR count). The van der Waals surface area contributed by atoms with Crippen molar-refractivity contribution in [2.75, 3.05) is 37.1 Å². The molecule has 1 N–H and O–H groups in total. The Morgan fingerprint density at radius 1 is 0.919 bits per heavy atom. The highest BCUT2D eigenvalue weighted by atomic mass is 35.5. The molecular formula is C29H29ClN2O5. The maximum absolute atomic E-state index is 13.4. The molecule has 0 bridgehead atoms. The van der Waals surface area contributed by atoms with Gasteiger partial charge in [0.25, 0.3) is 11.7 Å². The zero-order valence-corrected chi connectivity index (χ0v) is 22.0. The second-order valence-corrected chi connectivity index (χ2v) is 9.06. The van der Waals surface area contributed by atoms with Gasteiger partial charge in [-0.25, -0.2) is 0 Å². The SMILES string of the molecule is CCOc1ccc(C2/C(=C(\O)c3cc(OCC)ccc3Cl)C(=O)C(=O)N2c2ccc(N(C)C)cc2)cc1.